The highest BCUT2D eigenvalue weighted by Crippen LogP contribution is 2.30. The van der Waals surface area contributed by atoms with E-state index in [2.05, 4.69) is 20.9 Å². The third kappa shape index (κ3) is 4.50. The van der Waals surface area contributed by atoms with Crippen LogP contribution in [-0.2, 0) is 15.8 Å². The predicted octanol–water partition coefficient (Wildman–Crippen LogP) is 2.36. The largest absolute Gasteiger partial charge is 0.442 e. The van der Waals surface area contributed by atoms with Crippen LogP contribution in [0.5, 0.6) is 0 Å². The van der Waals surface area contributed by atoms with Gasteiger partial charge >= 0.3 is 6.18 Å². The number of halogens is 3. The molecule has 0 spiro atoms. The molecule has 2 amide bonds. The molecular weight excluding hydrogens is 377 g/mol. The van der Waals surface area contributed by atoms with Crippen LogP contribution in [0.1, 0.15) is 48.3 Å². The van der Waals surface area contributed by atoms with Crippen molar-refractivity contribution in [2.45, 2.75) is 44.7 Å². The molecule has 2 unspecified atom stereocenters. The summed E-state index contributed by atoms with van der Waals surface area (Å²) in [5.41, 5.74) is -0.244. The lowest BCUT2D eigenvalue weighted by molar-refractivity contribution is -0.137. The van der Waals surface area contributed by atoms with Crippen LogP contribution in [0, 0.1) is 6.92 Å². The predicted molar refractivity (Wildman–Crippen MR) is 91.7 cm³/mol. The lowest BCUT2D eigenvalue weighted by atomic mass is 10.0. The number of rotatable bonds is 4. The summed E-state index contributed by atoms with van der Waals surface area (Å²) in [5.74, 6) is 0.00477. The molecule has 0 radical (unpaired) electrons. The second-order valence-corrected chi connectivity index (χ2v) is 6.58. The lowest BCUT2D eigenvalue weighted by Crippen LogP contribution is -2.56. The van der Waals surface area contributed by atoms with Crippen LogP contribution in [-0.4, -0.2) is 22.8 Å². The fourth-order valence-electron chi connectivity index (χ4n) is 2.87. The minimum absolute atomic E-state index is 0.0816. The summed E-state index contributed by atoms with van der Waals surface area (Å²) in [5, 5.41) is 8.30. The van der Waals surface area contributed by atoms with E-state index in [4.69, 9.17) is 4.42 Å². The number of alkyl halides is 3. The van der Waals surface area contributed by atoms with Crippen molar-refractivity contribution in [3.05, 3.63) is 53.2 Å². The molecule has 2 aromatic rings. The van der Waals surface area contributed by atoms with E-state index in [9.17, 15) is 22.8 Å². The number of nitrogens with one attached hydrogen (secondary N) is 3. The van der Waals surface area contributed by atoms with Crippen LogP contribution in [0.15, 0.2) is 34.9 Å². The molecule has 3 rings (SSSR count). The molecule has 1 fully saturated rings. The molecule has 1 aromatic heterocycles. The zero-order chi connectivity index (χ0) is 20.5. The highest BCUT2D eigenvalue weighted by molar-refractivity contribution is 5.89. The van der Waals surface area contributed by atoms with E-state index in [0.29, 0.717) is 11.3 Å². The average Bonchev–Trinajstić information content (AvgIpc) is 3.07. The highest BCUT2D eigenvalue weighted by Gasteiger charge is 2.34. The Bertz CT molecular complexity index is 864. The zero-order valence-corrected chi connectivity index (χ0v) is 15.1. The van der Waals surface area contributed by atoms with E-state index in [1.807, 2.05) is 0 Å². The number of hydrogen-bond acceptors (Lipinski definition) is 5. The molecule has 1 aliphatic heterocycles. The van der Waals surface area contributed by atoms with Crippen LogP contribution >= 0.6 is 0 Å². The SMILES string of the molecule is Cc1cnc(C2NC(=O)CC(C(=O)N[C@H](C)c3ccc(C(F)(F)F)cc3)N2)o1. The van der Waals surface area contributed by atoms with Gasteiger partial charge in [0.2, 0.25) is 17.7 Å². The smallest absolute Gasteiger partial charge is 0.416 e. The molecule has 2 heterocycles. The Hall–Kier alpha value is -2.88. The number of hydrogen-bond donors (Lipinski definition) is 3. The van der Waals surface area contributed by atoms with E-state index in [0.717, 1.165) is 12.1 Å². The van der Waals surface area contributed by atoms with E-state index in [-0.39, 0.29) is 18.2 Å². The number of carbonyl (C=O) groups excluding carboxylic acids is 2. The van der Waals surface area contributed by atoms with E-state index >= 15 is 0 Å². The second kappa shape index (κ2) is 7.63. The Morgan fingerprint density at radius 3 is 2.57 bits per heavy atom. The van der Waals surface area contributed by atoms with Crippen molar-refractivity contribution in [3.8, 4) is 0 Å². The average molecular weight is 396 g/mol. The van der Waals surface area contributed by atoms with Crippen molar-refractivity contribution in [2.24, 2.45) is 0 Å². The van der Waals surface area contributed by atoms with Gasteiger partial charge in [-0.15, -0.1) is 0 Å². The number of nitrogens with zero attached hydrogens (tertiary/aromatic N) is 1. The molecule has 1 saturated heterocycles. The molecule has 1 aromatic carbocycles. The Morgan fingerprint density at radius 1 is 1.32 bits per heavy atom. The van der Waals surface area contributed by atoms with Gasteiger partial charge in [-0.25, -0.2) is 4.98 Å². The summed E-state index contributed by atoms with van der Waals surface area (Å²) < 4.78 is 43.4. The van der Waals surface area contributed by atoms with E-state index < -0.39 is 35.9 Å². The van der Waals surface area contributed by atoms with Gasteiger partial charge in [-0.1, -0.05) is 12.1 Å². The molecule has 3 N–H and O–H groups in total. The first-order valence-corrected chi connectivity index (χ1v) is 8.59. The molecule has 0 saturated carbocycles. The van der Waals surface area contributed by atoms with Crippen molar-refractivity contribution >= 4 is 11.8 Å². The molecule has 10 heteroatoms. The van der Waals surface area contributed by atoms with Crippen molar-refractivity contribution in [2.75, 3.05) is 0 Å². The summed E-state index contributed by atoms with van der Waals surface area (Å²) in [7, 11) is 0. The second-order valence-electron chi connectivity index (χ2n) is 6.58. The Kier molecular flexibility index (Phi) is 5.41. The zero-order valence-electron chi connectivity index (χ0n) is 15.1. The van der Waals surface area contributed by atoms with Crippen LogP contribution in [0.25, 0.3) is 0 Å². The first kappa shape index (κ1) is 19.9. The molecule has 150 valence electrons. The van der Waals surface area contributed by atoms with Crippen molar-refractivity contribution in [3.63, 3.8) is 0 Å². The Balaban J connectivity index is 1.65. The molecule has 7 nitrogen and oxygen atoms in total. The van der Waals surface area contributed by atoms with Crippen LogP contribution in [0.2, 0.25) is 0 Å². The molecule has 0 aliphatic carbocycles. The van der Waals surface area contributed by atoms with Crippen LogP contribution in [0.4, 0.5) is 13.2 Å². The summed E-state index contributed by atoms with van der Waals surface area (Å²) >= 11 is 0. The maximum atomic E-state index is 12.7. The number of oxazole rings is 1. The summed E-state index contributed by atoms with van der Waals surface area (Å²) in [6.07, 6.45) is -3.74. The van der Waals surface area contributed by atoms with Crippen molar-refractivity contribution in [1.82, 2.24) is 20.9 Å². The standard InChI is InChI=1S/C18H19F3N4O3/c1-9-8-22-17(28-9)15-24-13(7-14(26)25-15)16(27)23-10(2)11-3-5-12(6-4-11)18(19,20)21/h3-6,8,10,13,15,24H,7H2,1-2H3,(H,23,27)(H,25,26)/t10-,13?,15?/m1/s1. The number of benzene rings is 1. The molecule has 1 aliphatic rings. The summed E-state index contributed by atoms with van der Waals surface area (Å²) in [6.45, 7) is 3.36. The van der Waals surface area contributed by atoms with Crippen LogP contribution < -0.4 is 16.0 Å². The van der Waals surface area contributed by atoms with Gasteiger partial charge in [0.1, 0.15) is 5.76 Å². The van der Waals surface area contributed by atoms with Gasteiger partial charge < -0.3 is 15.1 Å². The minimum Gasteiger partial charge on any atom is -0.442 e. The Morgan fingerprint density at radius 2 is 2.00 bits per heavy atom. The van der Waals surface area contributed by atoms with Gasteiger partial charge in [0.05, 0.1) is 30.3 Å². The minimum atomic E-state index is -4.42. The third-order valence-corrected chi connectivity index (χ3v) is 4.36. The highest BCUT2D eigenvalue weighted by atomic mass is 19.4. The number of carbonyl (C=O) groups is 2. The topological polar surface area (TPSA) is 96.3 Å². The first-order valence-electron chi connectivity index (χ1n) is 8.59. The van der Waals surface area contributed by atoms with Gasteiger partial charge in [0, 0.05) is 0 Å². The molecule has 3 atom stereocenters. The normalized spacial score (nSPS) is 21.1. The molecular formula is C18H19F3N4O3. The number of amides is 2. The number of aromatic nitrogens is 1. The maximum absolute atomic E-state index is 12.7. The molecule has 28 heavy (non-hydrogen) atoms. The Labute approximate surface area is 158 Å². The van der Waals surface area contributed by atoms with E-state index in [1.165, 1.54) is 18.3 Å². The summed E-state index contributed by atoms with van der Waals surface area (Å²) in [6, 6.07) is 3.18. The van der Waals surface area contributed by atoms with Crippen molar-refractivity contribution in [1.29, 1.82) is 0 Å². The molecule has 0 bridgehead atoms. The number of aryl methyl sites for hydroxylation is 1. The fraction of sp³-hybridized carbons (Fsp3) is 0.389. The van der Waals surface area contributed by atoms with Gasteiger partial charge in [-0.2, -0.15) is 13.2 Å². The van der Waals surface area contributed by atoms with Gasteiger partial charge in [-0.05, 0) is 31.5 Å². The lowest BCUT2D eigenvalue weighted by Gasteiger charge is -2.30. The first-order chi connectivity index (χ1) is 13.1. The monoisotopic (exact) mass is 396 g/mol. The van der Waals surface area contributed by atoms with Gasteiger partial charge in [-0.3, -0.25) is 14.9 Å². The van der Waals surface area contributed by atoms with Gasteiger partial charge in [0.25, 0.3) is 0 Å². The van der Waals surface area contributed by atoms with Gasteiger partial charge in [0.15, 0.2) is 6.17 Å². The van der Waals surface area contributed by atoms with Crippen molar-refractivity contribution < 1.29 is 27.2 Å². The van der Waals surface area contributed by atoms with E-state index in [1.54, 1.807) is 13.8 Å². The van der Waals surface area contributed by atoms with Crippen LogP contribution in [0.3, 0.4) is 0 Å². The maximum Gasteiger partial charge on any atom is 0.416 e. The quantitative estimate of drug-likeness (QED) is 0.737. The fourth-order valence-corrected chi connectivity index (χ4v) is 2.87. The summed E-state index contributed by atoms with van der Waals surface area (Å²) in [4.78, 5) is 28.5. The third-order valence-electron chi connectivity index (χ3n) is 4.36.